The van der Waals surface area contributed by atoms with E-state index >= 15 is 0 Å². The highest BCUT2D eigenvalue weighted by Gasteiger charge is 2.23. The number of rotatable bonds is 12. The molecule has 0 spiro atoms. The molecular formula is C22H44N2. The first-order chi connectivity index (χ1) is 11.9. The number of hydrogen-bond acceptors (Lipinski definition) is 2. The molecule has 0 saturated carbocycles. The second-order valence-corrected chi connectivity index (χ2v) is 8.38. The molecule has 0 amide bonds. The molecule has 2 heterocycles. The third-order valence-corrected chi connectivity index (χ3v) is 6.22. The highest BCUT2D eigenvalue weighted by atomic mass is 15.2. The fraction of sp³-hybridized carbons (Fsp3) is 1.00. The van der Waals surface area contributed by atoms with Crippen LogP contribution in [-0.2, 0) is 0 Å². The van der Waals surface area contributed by atoms with Crippen LogP contribution in [0.4, 0.5) is 0 Å². The molecule has 0 aromatic heterocycles. The smallest absolute Gasteiger partial charge is 0.0223 e. The molecule has 24 heavy (non-hydrogen) atoms. The van der Waals surface area contributed by atoms with E-state index in [2.05, 4.69) is 16.7 Å². The Hall–Kier alpha value is -0.0800. The van der Waals surface area contributed by atoms with Gasteiger partial charge in [-0.05, 0) is 58.3 Å². The molecule has 0 aromatic rings. The average molecular weight is 337 g/mol. The first-order valence-electron chi connectivity index (χ1n) is 11.4. The van der Waals surface area contributed by atoms with Gasteiger partial charge in [-0.25, -0.2) is 0 Å². The highest BCUT2D eigenvalue weighted by Crippen LogP contribution is 2.20. The van der Waals surface area contributed by atoms with Crippen molar-refractivity contribution in [1.29, 1.82) is 0 Å². The number of hydrogen-bond donors (Lipinski definition) is 0. The largest absolute Gasteiger partial charge is 0.302 e. The van der Waals surface area contributed by atoms with E-state index in [4.69, 9.17) is 0 Å². The maximum Gasteiger partial charge on any atom is 0.0223 e. The molecule has 1 unspecified atom stereocenters. The third kappa shape index (κ3) is 8.34. The van der Waals surface area contributed by atoms with Gasteiger partial charge in [0.15, 0.2) is 0 Å². The van der Waals surface area contributed by atoms with E-state index < -0.39 is 0 Å². The molecule has 0 radical (unpaired) electrons. The van der Waals surface area contributed by atoms with Gasteiger partial charge in [-0.15, -0.1) is 0 Å². The monoisotopic (exact) mass is 336 g/mol. The van der Waals surface area contributed by atoms with E-state index in [0.717, 1.165) is 6.04 Å². The molecule has 2 heteroatoms. The molecule has 2 rings (SSSR count). The Morgan fingerprint density at radius 3 is 1.79 bits per heavy atom. The maximum absolute atomic E-state index is 2.85. The number of likely N-dealkylation sites (tertiary alicyclic amines) is 2. The van der Waals surface area contributed by atoms with Crippen LogP contribution in [0.3, 0.4) is 0 Å². The Balaban J connectivity index is 1.63. The predicted molar refractivity (Wildman–Crippen MR) is 107 cm³/mol. The molecule has 0 N–H and O–H groups in total. The zero-order valence-electron chi connectivity index (χ0n) is 16.6. The second-order valence-electron chi connectivity index (χ2n) is 8.38. The van der Waals surface area contributed by atoms with Crippen LogP contribution in [0.15, 0.2) is 0 Å². The van der Waals surface area contributed by atoms with Gasteiger partial charge in [-0.1, -0.05) is 71.1 Å². The van der Waals surface area contributed by atoms with Gasteiger partial charge in [0.25, 0.3) is 0 Å². The molecular weight excluding hydrogens is 292 g/mol. The molecule has 2 saturated heterocycles. The van der Waals surface area contributed by atoms with Crippen LogP contribution in [0.2, 0.25) is 0 Å². The van der Waals surface area contributed by atoms with Crippen molar-refractivity contribution in [3.63, 3.8) is 0 Å². The van der Waals surface area contributed by atoms with Crippen LogP contribution in [0.1, 0.15) is 103 Å². The lowest BCUT2D eigenvalue weighted by Gasteiger charge is -2.39. The fourth-order valence-corrected chi connectivity index (χ4v) is 4.63. The molecule has 0 bridgehead atoms. The van der Waals surface area contributed by atoms with E-state index in [0.29, 0.717) is 0 Å². The van der Waals surface area contributed by atoms with Crippen LogP contribution in [0.25, 0.3) is 0 Å². The van der Waals surface area contributed by atoms with Gasteiger partial charge in [-0.3, -0.25) is 4.90 Å². The maximum atomic E-state index is 2.85. The summed E-state index contributed by atoms with van der Waals surface area (Å²) in [6.07, 6.45) is 21.7. The summed E-state index contributed by atoms with van der Waals surface area (Å²) in [6.45, 7) is 9.13. The molecule has 2 aliphatic heterocycles. The first kappa shape index (κ1) is 20.2. The first-order valence-corrected chi connectivity index (χ1v) is 11.4. The van der Waals surface area contributed by atoms with E-state index in [1.54, 1.807) is 0 Å². The number of nitrogens with zero attached hydrogens (tertiary/aromatic N) is 2. The van der Waals surface area contributed by atoms with Gasteiger partial charge in [-0.2, -0.15) is 0 Å². The Morgan fingerprint density at radius 1 is 0.625 bits per heavy atom. The van der Waals surface area contributed by atoms with E-state index in [1.807, 2.05) is 0 Å². The Bertz CT molecular complexity index is 280. The summed E-state index contributed by atoms with van der Waals surface area (Å²) in [7, 11) is 0. The SMILES string of the molecule is CCCCCCCCCCC(CN1CCCCC1)N1CCCCC1. The van der Waals surface area contributed by atoms with Crippen LogP contribution in [-0.4, -0.2) is 48.6 Å². The summed E-state index contributed by atoms with van der Waals surface area (Å²) in [4.78, 5) is 5.62. The van der Waals surface area contributed by atoms with Crippen molar-refractivity contribution in [2.75, 3.05) is 32.7 Å². The van der Waals surface area contributed by atoms with Gasteiger partial charge in [0, 0.05) is 12.6 Å². The summed E-state index contributed by atoms with van der Waals surface area (Å²) in [5.41, 5.74) is 0. The summed E-state index contributed by atoms with van der Waals surface area (Å²) in [6, 6.07) is 0.850. The summed E-state index contributed by atoms with van der Waals surface area (Å²) in [5, 5.41) is 0. The number of unbranched alkanes of at least 4 members (excludes halogenated alkanes) is 7. The molecule has 0 aliphatic carbocycles. The normalized spacial score (nSPS) is 21.9. The van der Waals surface area contributed by atoms with Crippen molar-refractivity contribution >= 4 is 0 Å². The topological polar surface area (TPSA) is 6.48 Å². The van der Waals surface area contributed by atoms with Crippen LogP contribution in [0.5, 0.6) is 0 Å². The Labute approximate surface area is 152 Å². The molecule has 2 aliphatic rings. The zero-order chi connectivity index (χ0) is 16.9. The van der Waals surface area contributed by atoms with Crippen molar-refractivity contribution < 1.29 is 0 Å². The third-order valence-electron chi connectivity index (χ3n) is 6.22. The fourth-order valence-electron chi connectivity index (χ4n) is 4.63. The zero-order valence-corrected chi connectivity index (χ0v) is 16.6. The van der Waals surface area contributed by atoms with E-state index in [9.17, 15) is 0 Å². The minimum atomic E-state index is 0.850. The minimum absolute atomic E-state index is 0.850. The summed E-state index contributed by atoms with van der Waals surface area (Å²) >= 11 is 0. The van der Waals surface area contributed by atoms with E-state index in [-0.39, 0.29) is 0 Å². The van der Waals surface area contributed by atoms with Gasteiger partial charge < -0.3 is 4.90 Å². The second kappa shape index (κ2) is 13.2. The molecule has 0 aromatic carbocycles. The van der Waals surface area contributed by atoms with Crippen molar-refractivity contribution in [1.82, 2.24) is 9.80 Å². The van der Waals surface area contributed by atoms with Crippen molar-refractivity contribution in [2.24, 2.45) is 0 Å². The standard InChI is InChI=1S/C22H44N2/c1-2-3-4-5-6-7-8-11-16-22(24-19-14-10-15-20-24)21-23-17-12-9-13-18-23/h22H,2-21H2,1H3. The lowest BCUT2D eigenvalue weighted by Crippen LogP contribution is -2.47. The van der Waals surface area contributed by atoms with Crippen molar-refractivity contribution in [2.45, 2.75) is 109 Å². The Kier molecular flexibility index (Phi) is 11.1. The highest BCUT2D eigenvalue weighted by molar-refractivity contribution is 4.79. The van der Waals surface area contributed by atoms with Crippen molar-refractivity contribution in [3.05, 3.63) is 0 Å². The lowest BCUT2D eigenvalue weighted by atomic mass is 10.00. The van der Waals surface area contributed by atoms with Crippen LogP contribution in [0, 0.1) is 0 Å². The summed E-state index contributed by atoms with van der Waals surface area (Å²) < 4.78 is 0. The summed E-state index contributed by atoms with van der Waals surface area (Å²) in [5.74, 6) is 0. The van der Waals surface area contributed by atoms with Gasteiger partial charge in [0.1, 0.15) is 0 Å². The quantitative estimate of drug-likeness (QED) is 0.412. The molecule has 2 fully saturated rings. The van der Waals surface area contributed by atoms with Gasteiger partial charge in [0.2, 0.25) is 0 Å². The predicted octanol–water partition coefficient (Wildman–Crippen LogP) is 5.86. The Morgan fingerprint density at radius 2 is 1.17 bits per heavy atom. The van der Waals surface area contributed by atoms with Crippen molar-refractivity contribution in [3.8, 4) is 0 Å². The van der Waals surface area contributed by atoms with Gasteiger partial charge >= 0.3 is 0 Å². The van der Waals surface area contributed by atoms with Crippen LogP contribution >= 0.6 is 0 Å². The minimum Gasteiger partial charge on any atom is -0.302 e. The van der Waals surface area contributed by atoms with Gasteiger partial charge in [0.05, 0.1) is 0 Å². The van der Waals surface area contributed by atoms with E-state index in [1.165, 1.54) is 129 Å². The average Bonchev–Trinajstić information content (AvgIpc) is 2.64. The molecule has 142 valence electrons. The molecule has 2 nitrogen and oxygen atoms in total. The van der Waals surface area contributed by atoms with Crippen LogP contribution < -0.4 is 0 Å². The number of piperidine rings is 2. The molecule has 1 atom stereocenters. The lowest BCUT2D eigenvalue weighted by molar-refractivity contribution is 0.101.